The third-order valence-electron chi connectivity index (χ3n) is 4.32. The fourth-order valence-electron chi connectivity index (χ4n) is 2.85. The molecule has 1 amide bonds. The lowest BCUT2D eigenvalue weighted by Gasteiger charge is -2.24. The van der Waals surface area contributed by atoms with Gasteiger partial charge >= 0.3 is 0 Å². The highest BCUT2D eigenvalue weighted by Crippen LogP contribution is 2.34. The molecule has 3 aromatic rings. The Morgan fingerprint density at radius 3 is 2.37 bits per heavy atom. The second-order valence-corrected chi connectivity index (χ2v) is 7.54. The van der Waals surface area contributed by atoms with Gasteiger partial charge in [-0.05, 0) is 77.2 Å². The van der Waals surface area contributed by atoms with Crippen molar-refractivity contribution in [2.45, 2.75) is 13.5 Å². The zero-order valence-electron chi connectivity index (χ0n) is 16.7. The Kier molecular flexibility index (Phi) is 7.09. The first-order valence-electron chi connectivity index (χ1n) is 9.00. The number of carbonyl (C=O) groups excluding carboxylic acids is 1. The Hall–Kier alpha value is -2.88. The van der Waals surface area contributed by atoms with Crippen LogP contribution in [0.2, 0.25) is 0 Å². The molecule has 3 rings (SSSR count). The number of anilines is 1. The van der Waals surface area contributed by atoms with E-state index in [1.807, 2.05) is 12.1 Å². The van der Waals surface area contributed by atoms with Crippen LogP contribution in [0.1, 0.15) is 12.5 Å². The number of ether oxygens (including phenoxy) is 3. The minimum Gasteiger partial charge on any atom is -0.497 e. The minimum absolute atomic E-state index is 0.00623. The van der Waals surface area contributed by atoms with Crippen LogP contribution in [0, 0.1) is 9.52 Å². The largest absolute Gasteiger partial charge is 0.497 e. The maximum Gasteiger partial charge on any atom is 0.246 e. The first kappa shape index (κ1) is 21.8. The van der Waals surface area contributed by atoms with Crippen molar-refractivity contribution in [2.24, 2.45) is 0 Å². The summed E-state index contributed by atoms with van der Waals surface area (Å²) >= 11 is 2.18. The maximum absolute atomic E-state index is 13.9. The number of halogens is 2. The van der Waals surface area contributed by atoms with Crippen LogP contribution in [0.15, 0.2) is 54.6 Å². The SMILES string of the molecule is COc1ccc(OC)c(CN(C(C)=O)c2ccc([18F])nc2Oc2ccc(I)cc2)c1. The number of rotatable bonds is 7. The van der Waals surface area contributed by atoms with E-state index in [4.69, 9.17) is 14.2 Å². The molecule has 0 radical (unpaired) electrons. The van der Waals surface area contributed by atoms with Crippen LogP contribution in [0.25, 0.3) is 0 Å². The Balaban J connectivity index is 2.00. The van der Waals surface area contributed by atoms with E-state index in [-0.39, 0.29) is 18.3 Å². The number of hydrogen-bond donors (Lipinski definition) is 0. The summed E-state index contributed by atoms with van der Waals surface area (Å²) in [6.07, 6.45) is 0. The number of nitrogens with zero attached hydrogens (tertiary/aromatic N) is 2. The van der Waals surface area contributed by atoms with E-state index in [2.05, 4.69) is 27.6 Å². The normalized spacial score (nSPS) is 10.4. The molecule has 0 atom stereocenters. The average molecular weight is 521 g/mol. The molecule has 2 aromatic carbocycles. The monoisotopic (exact) mass is 521 g/mol. The fraction of sp³-hybridized carbons (Fsp3) is 0.182. The van der Waals surface area contributed by atoms with E-state index < -0.39 is 5.95 Å². The van der Waals surface area contributed by atoms with Crippen molar-refractivity contribution < 1.29 is 23.4 Å². The molecule has 30 heavy (non-hydrogen) atoms. The van der Waals surface area contributed by atoms with Crippen molar-refractivity contribution in [3.05, 3.63) is 69.7 Å². The van der Waals surface area contributed by atoms with Crippen molar-refractivity contribution in [3.63, 3.8) is 0 Å². The van der Waals surface area contributed by atoms with Gasteiger partial charge in [-0.2, -0.15) is 9.37 Å². The molecule has 8 heteroatoms. The molecule has 0 fully saturated rings. The Bertz CT molecular complexity index is 1040. The molecule has 0 aliphatic carbocycles. The molecule has 0 saturated heterocycles. The summed E-state index contributed by atoms with van der Waals surface area (Å²) in [5.74, 6) is 0.729. The van der Waals surface area contributed by atoms with Crippen molar-refractivity contribution in [2.75, 3.05) is 19.1 Å². The van der Waals surface area contributed by atoms with E-state index in [0.29, 0.717) is 22.9 Å². The van der Waals surface area contributed by atoms with Crippen LogP contribution in [0.3, 0.4) is 0 Å². The number of benzene rings is 2. The Labute approximate surface area is 187 Å². The molecule has 0 N–H and O–H groups in total. The van der Waals surface area contributed by atoms with Crippen LogP contribution in [-0.4, -0.2) is 25.1 Å². The lowest BCUT2D eigenvalue weighted by Crippen LogP contribution is -2.28. The van der Waals surface area contributed by atoms with Crippen LogP contribution >= 0.6 is 22.6 Å². The van der Waals surface area contributed by atoms with E-state index >= 15 is 0 Å². The molecule has 0 saturated carbocycles. The number of carbonyl (C=O) groups is 1. The lowest BCUT2D eigenvalue weighted by atomic mass is 10.1. The molecular formula is C22H20FIN2O4. The maximum atomic E-state index is 13.9. The molecule has 0 aliphatic rings. The molecule has 156 valence electrons. The highest BCUT2D eigenvalue weighted by molar-refractivity contribution is 14.1. The highest BCUT2D eigenvalue weighted by Gasteiger charge is 2.21. The van der Waals surface area contributed by atoms with Gasteiger partial charge in [-0.15, -0.1) is 0 Å². The quantitative estimate of drug-likeness (QED) is 0.317. The summed E-state index contributed by atoms with van der Waals surface area (Å²) in [5, 5.41) is 0. The topological polar surface area (TPSA) is 60.9 Å². The van der Waals surface area contributed by atoms with Gasteiger partial charge < -0.3 is 19.1 Å². The summed E-state index contributed by atoms with van der Waals surface area (Å²) in [6, 6.07) is 15.2. The zero-order valence-corrected chi connectivity index (χ0v) is 18.8. The number of pyridine rings is 1. The Morgan fingerprint density at radius 2 is 1.73 bits per heavy atom. The molecule has 0 aliphatic heterocycles. The summed E-state index contributed by atoms with van der Waals surface area (Å²) in [4.78, 5) is 17.8. The summed E-state index contributed by atoms with van der Waals surface area (Å²) in [5.41, 5.74) is 1.06. The van der Waals surface area contributed by atoms with Gasteiger partial charge in [-0.3, -0.25) is 4.79 Å². The first-order chi connectivity index (χ1) is 14.4. The molecule has 0 unspecified atom stereocenters. The van der Waals surface area contributed by atoms with Crippen LogP contribution in [-0.2, 0) is 11.3 Å². The van der Waals surface area contributed by atoms with Gasteiger partial charge in [0.05, 0.1) is 20.8 Å². The van der Waals surface area contributed by atoms with E-state index in [0.717, 1.165) is 9.13 Å². The van der Waals surface area contributed by atoms with E-state index in [1.54, 1.807) is 44.6 Å². The van der Waals surface area contributed by atoms with Crippen LogP contribution < -0.4 is 19.1 Å². The van der Waals surface area contributed by atoms with Gasteiger partial charge in [-0.1, -0.05) is 0 Å². The summed E-state index contributed by atoms with van der Waals surface area (Å²) < 4.78 is 31.4. The second kappa shape index (κ2) is 9.75. The predicted molar refractivity (Wildman–Crippen MR) is 120 cm³/mol. The summed E-state index contributed by atoms with van der Waals surface area (Å²) in [6.45, 7) is 1.58. The van der Waals surface area contributed by atoms with Gasteiger partial charge in [0.25, 0.3) is 0 Å². The van der Waals surface area contributed by atoms with Crippen molar-refractivity contribution in [1.82, 2.24) is 4.98 Å². The van der Waals surface area contributed by atoms with Crippen LogP contribution in [0.5, 0.6) is 23.1 Å². The molecule has 0 spiro atoms. The lowest BCUT2D eigenvalue weighted by molar-refractivity contribution is -0.116. The van der Waals surface area contributed by atoms with Gasteiger partial charge in [0.15, 0.2) is 0 Å². The third kappa shape index (κ3) is 5.18. The Morgan fingerprint density at radius 1 is 1.03 bits per heavy atom. The van der Waals surface area contributed by atoms with Crippen molar-refractivity contribution in [1.29, 1.82) is 0 Å². The number of aromatic nitrogens is 1. The smallest absolute Gasteiger partial charge is 0.246 e. The highest BCUT2D eigenvalue weighted by atomic mass is 127. The number of amides is 1. The van der Waals surface area contributed by atoms with Gasteiger partial charge in [0.2, 0.25) is 17.7 Å². The second-order valence-electron chi connectivity index (χ2n) is 6.30. The van der Waals surface area contributed by atoms with Gasteiger partial charge in [0, 0.05) is 16.1 Å². The first-order valence-corrected chi connectivity index (χ1v) is 10.1. The average Bonchev–Trinajstić information content (AvgIpc) is 2.74. The molecule has 0 bridgehead atoms. The standard InChI is InChI=1S/C22H20FIN2O4/c1-14(27)26(13-15-12-18(28-2)8-10-20(15)29-3)19-9-11-21(23)25-22(19)30-17-6-4-16(24)5-7-17/h4-12H,13H2,1-3H3/i23-1. The van der Waals surface area contributed by atoms with E-state index in [9.17, 15) is 9.18 Å². The van der Waals surface area contributed by atoms with E-state index in [1.165, 1.54) is 24.0 Å². The van der Waals surface area contributed by atoms with Crippen molar-refractivity contribution in [3.8, 4) is 23.1 Å². The summed E-state index contributed by atoms with van der Waals surface area (Å²) in [7, 11) is 3.11. The molecule has 1 aromatic heterocycles. The fourth-order valence-corrected chi connectivity index (χ4v) is 3.21. The third-order valence-corrected chi connectivity index (χ3v) is 5.04. The zero-order chi connectivity index (χ0) is 21.7. The van der Waals surface area contributed by atoms with Gasteiger partial charge in [-0.25, -0.2) is 0 Å². The van der Waals surface area contributed by atoms with Gasteiger partial charge in [0.1, 0.15) is 22.9 Å². The molecular weight excluding hydrogens is 501 g/mol. The molecule has 1 heterocycles. The minimum atomic E-state index is -0.707. The number of hydrogen-bond acceptors (Lipinski definition) is 5. The number of methoxy groups -OCH3 is 2. The molecule has 6 nitrogen and oxygen atoms in total. The van der Waals surface area contributed by atoms with Crippen molar-refractivity contribution >= 4 is 34.2 Å². The predicted octanol–water partition coefficient (Wildman–Crippen LogP) is 5.19. The van der Waals surface area contributed by atoms with Crippen LogP contribution in [0.4, 0.5) is 10.1 Å².